The lowest BCUT2D eigenvalue weighted by atomic mass is 10.0. The maximum atomic E-state index is 10.6. The zero-order valence-corrected chi connectivity index (χ0v) is 9.00. The zero-order valence-electron chi connectivity index (χ0n) is 9.00. The fourth-order valence-corrected chi connectivity index (χ4v) is 1.72. The molecule has 0 unspecified atom stereocenters. The van der Waals surface area contributed by atoms with Gasteiger partial charge in [-0.15, -0.1) is 0 Å². The third-order valence-corrected chi connectivity index (χ3v) is 2.73. The number of likely N-dealkylation sites (tertiary alicyclic amines) is 1. The van der Waals surface area contributed by atoms with Crippen LogP contribution in [0.5, 0.6) is 5.75 Å². The van der Waals surface area contributed by atoms with Crippen molar-refractivity contribution in [3.63, 3.8) is 0 Å². The van der Waals surface area contributed by atoms with E-state index < -0.39 is 5.97 Å². The first-order valence-electron chi connectivity index (χ1n) is 5.39. The molecule has 0 saturated carbocycles. The predicted molar refractivity (Wildman–Crippen MR) is 59.5 cm³/mol. The van der Waals surface area contributed by atoms with Crippen LogP contribution in [-0.4, -0.2) is 42.2 Å². The van der Waals surface area contributed by atoms with Crippen LogP contribution >= 0.6 is 0 Å². The van der Waals surface area contributed by atoms with Gasteiger partial charge in [-0.3, -0.25) is 9.69 Å². The molecular weight excluding hydrogens is 206 g/mol. The van der Waals surface area contributed by atoms with Crippen LogP contribution in [0.15, 0.2) is 30.3 Å². The monoisotopic (exact) mass is 221 g/mol. The normalized spacial score (nSPS) is 16.8. The van der Waals surface area contributed by atoms with Gasteiger partial charge >= 0.3 is 5.97 Å². The summed E-state index contributed by atoms with van der Waals surface area (Å²) in [6, 6.07) is 9.63. The van der Waals surface area contributed by atoms with Crippen molar-refractivity contribution in [1.29, 1.82) is 0 Å². The molecule has 4 heteroatoms. The third kappa shape index (κ3) is 2.73. The Bertz CT molecular complexity index is 347. The zero-order chi connectivity index (χ0) is 11.4. The molecule has 86 valence electrons. The van der Waals surface area contributed by atoms with E-state index in [1.165, 1.54) is 0 Å². The molecule has 0 spiro atoms. The molecule has 1 aliphatic rings. The second kappa shape index (κ2) is 4.99. The first-order valence-corrected chi connectivity index (χ1v) is 5.39. The maximum absolute atomic E-state index is 10.6. The van der Waals surface area contributed by atoms with Crippen molar-refractivity contribution in [1.82, 2.24) is 4.90 Å². The van der Waals surface area contributed by atoms with Crippen molar-refractivity contribution in [3.8, 4) is 5.75 Å². The fraction of sp³-hybridized carbons (Fsp3) is 0.417. The Morgan fingerprint density at radius 1 is 1.38 bits per heavy atom. The number of aliphatic carboxylic acids is 1. The predicted octanol–water partition coefficient (Wildman–Crippen LogP) is 1.08. The van der Waals surface area contributed by atoms with E-state index in [1.54, 1.807) is 0 Å². The minimum Gasteiger partial charge on any atom is -0.492 e. The minimum absolute atomic E-state index is 0.184. The van der Waals surface area contributed by atoms with Crippen molar-refractivity contribution in [2.24, 2.45) is 5.92 Å². The lowest BCUT2D eigenvalue weighted by Crippen LogP contribution is -2.51. The van der Waals surface area contributed by atoms with E-state index in [9.17, 15) is 4.79 Å². The third-order valence-electron chi connectivity index (χ3n) is 2.73. The molecule has 1 heterocycles. The van der Waals surface area contributed by atoms with Crippen LogP contribution in [0.2, 0.25) is 0 Å². The molecule has 1 fully saturated rings. The number of ether oxygens (including phenoxy) is 1. The molecule has 1 aromatic rings. The summed E-state index contributed by atoms with van der Waals surface area (Å²) in [4.78, 5) is 12.6. The number of nitrogens with zero attached hydrogens (tertiary/aromatic N) is 1. The Morgan fingerprint density at radius 2 is 2.06 bits per heavy atom. The van der Waals surface area contributed by atoms with Crippen LogP contribution < -0.4 is 4.74 Å². The smallest absolute Gasteiger partial charge is 0.309 e. The largest absolute Gasteiger partial charge is 0.492 e. The van der Waals surface area contributed by atoms with E-state index in [0.29, 0.717) is 19.7 Å². The van der Waals surface area contributed by atoms with Gasteiger partial charge in [0.15, 0.2) is 0 Å². The van der Waals surface area contributed by atoms with Gasteiger partial charge in [-0.2, -0.15) is 0 Å². The number of rotatable bonds is 5. The SMILES string of the molecule is O=C(O)C1CN(CCOc2ccccc2)C1. The van der Waals surface area contributed by atoms with Gasteiger partial charge in [0.2, 0.25) is 0 Å². The summed E-state index contributed by atoms with van der Waals surface area (Å²) in [5.74, 6) is -0.0187. The first-order chi connectivity index (χ1) is 7.75. The molecule has 1 N–H and O–H groups in total. The van der Waals surface area contributed by atoms with Crippen LogP contribution in [0.3, 0.4) is 0 Å². The Balaban J connectivity index is 1.62. The number of carboxylic acids is 1. The first kappa shape index (κ1) is 11.0. The summed E-state index contributed by atoms with van der Waals surface area (Å²) in [6.07, 6.45) is 0. The molecule has 0 atom stereocenters. The fourth-order valence-electron chi connectivity index (χ4n) is 1.72. The molecule has 2 rings (SSSR count). The summed E-state index contributed by atoms with van der Waals surface area (Å²) in [7, 11) is 0. The highest BCUT2D eigenvalue weighted by molar-refractivity contribution is 5.71. The van der Waals surface area contributed by atoms with Crippen molar-refractivity contribution in [3.05, 3.63) is 30.3 Å². The van der Waals surface area contributed by atoms with Gasteiger partial charge in [-0.1, -0.05) is 18.2 Å². The topological polar surface area (TPSA) is 49.8 Å². The number of carbonyl (C=O) groups is 1. The van der Waals surface area contributed by atoms with Crippen LogP contribution in [0.25, 0.3) is 0 Å². The standard InChI is InChI=1S/C12H15NO3/c14-12(15)10-8-13(9-10)6-7-16-11-4-2-1-3-5-11/h1-5,10H,6-9H2,(H,14,15). The lowest BCUT2D eigenvalue weighted by molar-refractivity contribution is -0.147. The molecule has 1 saturated heterocycles. The van der Waals surface area contributed by atoms with E-state index in [2.05, 4.69) is 4.90 Å². The van der Waals surface area contributed by atoms with Gasteiger partial charge in [0.1, 0.15) is 12.4 Å². The number of benzene rings is 1. The highest BCUT2D eigenvalue weighted by Crippen LogP contribution is 2.15. The van der Waals surface area contributed by atoms with Gasteiger partial charge in [0, 0.05) is 19.6 Å². The van der Waals surface area contributed by atoms with Crippen LogP contribution in [0.4, 0.5) is 0 Å². The van der Waals surface area contributed by atoms with Gasteiger partial charge in [-0.05, 0) is 12.1 Å². The maximum Gasteiger partial charge on any atom is 0.309 e. The molecule has 0 aromatic heterocycles. The van der Waals surface area contributed by atoms with Gasteiger partial charge < -0.3 is 9.84 Å². The summed E-state index contributed by atoms with van der Waals surface area (Å²) in [6.45, 7) is 2.69. The lowest BCUT2D eigenvalue weighted by Gasteiger charge is -2.36. The Hall–Kier alpha value is -1.55. The molecule has 16 heavy (non-hydrogen) atoms. The van der Waals surface area contributed by atoms with Gasteiger partial charge in [0.25, 0.3) is 0 Å². The summed E-state index contributed by atoms with van der Waals surface area (Å²) in [5, 5.41) is 8.70. The minimum atomic E-state index is -0.694. The molecular formula is C12H15NO3. The second-order valence-electron chi connectivity index (χ2n) is 3.96. The number of hydrogen-bond acceptors (Lipinski definition) is 3. The van der Waals surface area contributed by atoms with Crippen LogP contribution in [0, 0.1) is 5.92 Å². The summed E-state index contributed by atoms with van der Waals surface area (Å²) >= 11 is 0. The van der Waals surface area contributed by atoms with Crippen molar-refractivity contribution < 1.29 is 14.6 Å². The summed E-state index contributed by atoms with van der Waals surface area (Å²) in [5.41, 5.74) is 0. The molecule has 4 nitrogen and oxygen atoms in total. The highest BCUT2D eigenvalue weighted by atomic mass is 16.5. The van der Waals surface area contributed by atoms with Gasteiger partial charge in [0.05, 0.1) is 5.92 Å². The molecule has 0 radical (unpaired) electrons. The Labute approximate surface area is 94.4 Å². The van der Waals surface area contributed by atoms with Crippen molar-refractivity contribution in [2.75, 3.05) is 26.2 Å². The average molecular weight is 221 g/mol. The van der Waals surface area contributed by atoms with Crippen molar-refractivity contribution in [2.45, 2.75) is 0 Å². The Morgan fingerprint density at radius 3 is 2.69 bits per heavy atom. The van der Waals surface area contributed by atoms with Crippen molar-refractivity contribution >= 4 is 5.97 Å². The van der Waals surface area contributed by atoms with E-state index >= 15 is 0 Å². The van der Waals surface area contributed by atoms with Crippen LogP contribution in [0.1, 0.15) is 0 Å². The molecule has 1 aromatic carbocycles. The van der Waals surface area contributed by atoms with E-state index in [4.69, 9.17) is 9.84 Å². The molecule has 0 amide bonds. The number of para-hydroxylation sites is 1. The van der Waals surface area contributed by atoms with E-state index in [0.717, 1.165) is 12.3 Å². The Kier molecular flexibility index (Phi) is 3.41. The molecule has 0 aliphatic carbocycles. The average Bonchev–Trinajstić information content (AvgIpc) is 2.22. The van der Waals surface area contributed by atoms with E-state index in [1.807, 2.05) is 30.3 Å². The van der Waals surface area contributed by atoms with E-state index in [-0.39, 0.29) is 5.92 Å². The number of carboxylic acid groups (broad SMARTS) is 1. The quantitative estimate of drug-likeness (QED) is 0.808. The van der Waals surface area contributed by atoms with Crippen LogP contribution in [-0.2, 0) is 4.79 Å². The van der Waals surface area contributed by atoms with Gasteiger partial charge in [-0.25, -0.2) is 0 Å². The number of hydrogen-bond donors (Lipinski definition) is 1. The molecule has 0 bridgehead atoms. The summed E-state index contributed by atoms with van der Waals surface area (Å²) < 4.78 is 5.52. The molecule has 1 aliphatic heterocycles. The second-order valence-corrected chi connectivity index (χ2v) is 3.96. The highest BCUT2D eigenvalue weighted by Gasteiger charge is 2.31.